The average Bonchev–Trinajstić information content (AvgIpc) is 3.33. The second-order valence-corrected chi connectivity index (χ2v) is 9.25. The Morgan fingerprint density at radius 1 is 1.23 bits per heavy atom. The van der Waals surface area contributed by atoms with Crippen LogP contribution in [0.1, 0.15) is 40.1 Å². The lowest BCUT2D eigenvalue weighted by Gasteiger charge is -2.25. The molecule has 1 aromatic heterocycles. The van der Waals surface area contributed by atoms with Crippen LogP contribution in [0.3, 0.4) is 0 Å². The highest BCUT2D eigenvalue weighted by atomic mass is 32.1. The van der Waals surface area contributed by atoms with E-state index in [-0.39, 0.29) is 17.9 Å². The Bertz CT molecular complexity index is 942. The smallest absolute Gasteiger partial charge is 0.255 e. The molecule has 1 aromatic carbocycles. The highest BCUT2D eigenvalue weighted by molar-refractivity contribution is 7.15. The molecule has 1 fully saturated rings. The van der Waals surface area contributed by atoms with Gasteiger partial charge < -0.3 is 10.1 Å². The maximum Gasteiger partial charge on any atom is 0.255 e. The Hall–Kier alpha value is -2.29. The van der Waals surface area contributed by atoms with E-state index in [9.17, 15) is 9.59 Å². The van der Waals surface area contributed by atoms with Crippen molar-refractivity contribution in [2.45, 2.75) is 52.7 Å². The number of thiazole rings is 1. The van der Waals surface area contributed by atoms with Crippen molar-refractivity contribution in [2.24, 2.45) is 0 Å². The number of benzene rings is 1. The molecule has 1 unspecified atom stereocenters. The van der Waals surface area contributed by atoms with Gasteiger partial charge >= 0.3 is 0 Å². The van der Waals surface area contributed by atoms with Gasteiger partial charge in [0.1, 0.15) is 6.10 Å². The fourth-order valence-corrected chi connectivity index (χ4v) is 5.22. The first kappa shape index (κ1) is 21.0. The number of anilines is 2. The number of hydrogen-bond donors (Lipinski definition) is 2. The van der Waals surface area contributed by atoms with Gasteiger partial charge in [0.2, 0.25) is 5.91 Å². The summed E-state index contributed by atoms with van der Waals surface area (Å²) < 4.78 is 5.43. The molecule has 160 valence electrons. The van der Waals surface area contributed by atoms with Crippen LogP contribution >= 0.6 is 11.3 Å². The molecule has 0 saturated carbocycles. The molecule has 8 heteroatoms. The monoisotopic (exact) mass is 428 g/mol. The fourth-order valence-electron chi connectivity index (χ4n) is 4.17. The number of rotatable bonds is 5. The van der Waals surface area contributed by atoms with E-state index in [1.165, 1.54) is 16.9 Å². The molecular weight excluding hydrogens is 400 g/mol. The van der Waals surface area contributed by atoms with Gasteiger partial charge in [0.15, 0.2) is 5.13 Å². The fraction of sp³-hybridized carbons (Fsp3) is 0.500. The van der Waals surface area contributed by atoms with Crippen LogP contribution in [0.4, 0.5) is 10.8 Å². The Balaban J connectivity index is 1.34. The zero-order valence-corrected chi connectivity index (χ0v) is 18.5. The first-order chi connectivity index (χ1) is 14.4. The van der Waals surface area contributed by atoms with Crippen LogP contribution in [0.5, 0.6) is 0 Å². The number of nitrogens with zero attached hydrogens (tertiary/aromatic N) is 2. The molecule has 2 aromatic rings. The van der Waals surface area contributed by atoms with Gasteiger partial charge in [0.25, 0.3) is 5.91 Å². The number of hydrogen-bond acceptors (Lipinski definition) is 6. The third-order valence-corrected chi connectivity index (χ3v) is 6.57. The van der Waals surface area contributed by atoms with E-state index in [0.29, 0.717) is 24.8 Å². The van der Waals surface area contributed by atoms with Gasteiger partial charge in [-0.1, -0.05) is 17.7 Å². The minimum atomic E-state index is -0.361. The van der Waals surface area contributed by atoms with Crippen molar-refractivity contribution < 1.29 is 14.3 Å². The van der Waals surface area contributed by atoms with Crippen molar-refractivity contribution in [2.75, 3.05) is 30.3 Å². The van der Waals surface area contributed by atoms with E-state index in [1.54, 1.807) is 0 Å². The molecule has 7 nitrogen and oxygen atoms in total. The van der Waals surface area contributed by atoms with Gasteiger partial charge in [-0.2, -0.15) is 0 Å². The zero-order chi connectivity index (χ0) is 21.3. The van der Waals surface area contributed by atoms with Crippen molar-refractivity contribution >= 4 is 34.0 Å². The normalized spacial score (nSPS) is 18.8. The van der Waals surface area contributed by atoms with E-state index in [2.05, 4.69) is 39.6 Å². The Labute approximate surface area is 180 Å². The molecule has 0 radical (unpaired) electrons. The van der Waals surface area contributed by atoms with Crippen molar-refractivity contribution in [3.63, 3.8) is 0 Å². The number of amides is 2. The van der Waals surface area contributed by atoms with Gasteiger partial charge in [0, 0.05) is 36.7 Å². The first-order valence-electron chi connectivity index (χ1n) is 10.4. The topological polar surface area (TPSA) is 83.6 Å². The summed E-state index contributed by atoms with van der Waals surface area (Å²) in [7, 11) is 0. The average molecular weight is 429 g/mol. The number of nitrogens with one attached hydrogen (secondary N) is 2. The third kappa shape index (κ3) is 4.71. The van der Waals surface area contributed by atoms with Crippen LogP contribution < -0.4 is 10.6 Å². The van der Waals surface area contributed by atoms with Gasteiger partial charge in [-0.15, -0.1) is 11.3 Å². The van der Waals surface area contributed by atoms with E-state index in [0.717, 1.165) is 53.2 Å². The van der Waals surface area contributed by atoms with E-state index < -0.39 is 0 Å². The summed E-state index contributed by atoms with van der Waals surface area (Å²) in [6.45, 7) is 8.52. The molecule has 2 amide bonds. The van der Waals surface area contributed by atoms with Crippen LogP contribution in [-0.2, 0) is 27.3 Å². The number of ether oxygens (including phenoxy) is 1. The van der Waals surface area contributed by atoms with Gasteiger partial charge in [-0.3, -0.25) is 19.8 Å². The first-order valence-corrected chi connectivity index (χ1v) is 11.2. The Morgan fingerprint density at radius 2 is 2.00 bits per heavy atom. The van der Waals surface area contributed by atoms with E-state index in [4.69, 9.17) is 4.74 Å². The van der Waals surface area contributed by atoms with Crippen LogP contribution in [0, 0.1) is 20.8 Å². The molecule has 0 spiro atoms. The summed E-state index contributed by atoms with van der Waals surface area (Å²) in [4.78, 5) is 32.7. The number of aryl methyl sites for hydroxylation is 3. The third-order valence-electron chi connectivity index (χ3n) is 5.57. The summed E-state index contributed by atoms with van der Waals surface area (Å²) >= 11 is 1.49. The summed E-state index contributed by atoms with van der Waals surface area (Å²) in [5.41, 5.74) is 5.27. The number of carbonyl (C=O) groups is 2. The molecular formula is C22H28N4O3S. The Kier molecular flexibility index (Phi) is 6.17. The predicted octanol–water partition coefficient (Wildman–Crippen LogP) is 3.18. The molecule has 0 bridgehead atoms. The highest BCUT2D eigenvalue weighted by Crippen LogP contribution is 2.29. The molecule has 1 atom stereocenters. The second-order valence-electron chi connectivity index (χ2n) is 8.16. The summed E-state index contributed by atoms with van der Waals surface area (Å²) in [6, 6.07) is 4.17. The molecule has 4 rings (SSSR count). The molecule has 2 N–H and O–H groups in total. The van der Waals surface area contributed by atoms with Crippen LogP contribution in [0.15, 0.2) is 12.1 Å². The summed E-state index contributed by atoms with van der Waals surface area (Å²) in [5.74, 6) is -0.122. The lowest BCUT2D eigenvalue weighted by atomic mass is 10.1. The second kappa shape index (κ2) is 8.83. The van der Waals surface area contributed by atoms with Crippen molar-refractivity contribution in [1.29, 1.82) is 0 Å². The van der Waals surface area contributed by atoms with Gasteiger partial charge in [-0.25, -0.2) is 4.98 Å². The van der Waals surface area contributed by atoms with Crippen molar-refractivity contribution in [3.8, 4) is 0 Å². The largest absolute Gasteiger partial charge is 0.368 e. The number of fused-ring (bicyclic) bond motifs is 1. The minimum absolute atomic E-state index is 0.00933. The quantitative estimate of drug-likeness (QED) is 0.764. The maximum absolute atomic E-state index is 12.6. The molecule has 2 aliphatic heterocycles. The highest BCUT2D eigenvalue weighted by Gasteiger charge is 2.27. The zero-order valence-electron chi connectivity index (χ0n) is 17.7. The predicted molar refractivity (Wildman–Crippen MR) is 118 cm³/mol. The molecule has 30 heavy (non-hydrogen) atoms. The van der Waals surface area contributed by atoms with Crippen molar-refractivity contribution in [1.82, 2.24) is 9.88 Å². The number of aromatic nitrogens is 1. The molecule has 3 heterocycles. The number of carbonyl (C=O) groups excluding carboxylic acids is 2. The van der Waals surface area contributed by atoms with Crippen LogP contribution in [0.2, 0.25) is 0 Å². The standard InChI is InChI=1S/C22H28N4O3S/c1-13-9-14(2)20(15(3)10-13)24-19(27)12-26-7-6-16-18(11-26)30-22(23-16)25-21(28)17-5-4-8-29-17/h9-10,17H,4-8,11-12H2,1-3H3,(H,24,27)(H,23,25,28). The lowest BCUT2D eigenvalue weighted by Crippen LogP contribution is -2.36. The van der Waals surface area contributed by atoms with Gasteiger partial charge in [0.05, 0.1) is 12.2 Å². The van der Waals surface area contributed by atoms with Crippen LogP contribution in [0.25, 0.3) is 0 Å². The molecule has 0 aliphatic carbocycles. The SMILES string of the molecule is Cc1cc(C)c(NC(=O)CN2CCc3nc(NC(=O)C4CCCO4)sc3C2)c(C)c1. The molecule has 2 aliphatic rings. The van der Waals surface area contributed by atoms with Gasteiger partial charge in [-0.05, 0) is 44.7 Å². The van der Waals surface area contributed by atoms with E-state index in [1.807, 2.05) is 13.8 Å². The lowest BCUT2D eigenvalue weighted by molar-refractivity contribution is -0.124. The van der Waals surface area contributed by atoms with Crippen LogP contribution in [-0.4, -0.2) is 47.5 Å². The molecule has 1 saturated heterocycles. The minimum Gasteiger partial charge on any atom is -0.368 e. The maximum atomic E-state index is 12.6. The summed E-state index contributed by atoms with van der Waals surface area (Å²) in [5, 5.41) is 6.59. The van der Waals surface area contributed by atoms with Crippen molar-refractivity contribution in [3.05, 3.63) is 39.4 Å². The van der Waals surface area contributed by atoms with E-state index >= 15 is 0 Å². The summed E-state index contributed by atoms with van der Waals surface area (Å²) in [6.07, 6.45) is 2.10. The Morgan fingerprint density at radius 3 is 2.70 bits per heavy atom.